The van der Waals surface area contributed by atoms with Crippen molar-refractivity contribution in [2.24, 2.45) is 0 Å². The molecule has 3 N–H and O–H groups in total. The number of anilines is 1. The molecule has 156 valence electrons. The Bertz CT molecular complexity index is 1270. The number of hydrogen-bond acceptors (Lipinski definition) is 6. The van der Waals surface area contributed by atoms with Crippen LogP contribution in [0.2, 0.25) is 0 Å². The van der Waals surface area contributed by atoms with E-state index in [0.717, 1.165) is 30.5 Å². The second-order valence-electron chi connectivity index (χ2n) is 8.50. The van der Waals surface area contributed by atoms with E-state index in [9.17, 15) is 9.59 Å². The Morgan fingerprint density at radius 1 is 1.16 bits per heavy atom. The minimum atomic E-state index is -0.221. The summed E-state index contributed by atoms with van der Waals surface area (Å²) in [5.74, 6) is -0.237. The Hall–Kier alpha value is -3.93. The van der Waals surface area contributed by atoms with E-state index < -0.39 is 0 Å². The lowest BCUT2D eigenvalue weighted by molar-refractivity contribution is -0.131. The van der Waals surface area contributed by atoms with E-state index in [1.165, 1.54) is 13.1 Å². The maximum absolute atomic E-state index is 12.4. The molecule has 3 fully saturated rings. The van der Waals surface area contributed by atoms with Gasteiger partial charge in [-0.2, -0.15) is 10.4 Å². The van der Waals surface area contributed by atoms with Crippen molar-refractivity contribution < 1.29 is 9.59 Å². The van der Waals surface area contributed by atoms with E-state index in [4.69, 9.17) is 5.26 Å². The highest BCUT2D eigenvalue weighted by atomic mass is 16.2. The molecule has 0 unspecified atom stereocenters. The maximum atomic E-state index is 12.4. The molecule has 0 spiro atoms. The molecule has 0 radical (unpaired) electrons. The molecule has 3 aromatic heterocycles. The number of nitrogens with zero attached hydrogens (tertiary/aromatic N) is 4. The van der Waals surface area contributed by atoms with E-state index in [2.05, 4.69) is 32.1 Å². The first kappa shape index (κ1) is 19.1. The topological polar surface area (TPSA) is 124 Å². The van der Waals surface area contributed by atoms with Crippen molar-refractivity contribution in [3.8, 4) is 17.5 Å². The molecule has 0 saturated heterocycles. The number of carbonyl (C=O) groups excluding carboxylic acids is 2. The number of pyridine rings is 1. The summed E-state index contributed by atoms with van der Waals surface area (Å²) in [7, 11) is 1.59. The molecule has 3 saturated carbocycles. The van der Waals surface area contributed by atoms with Crippen molar-refractivity contribution in [1.82, 2.24) is 25.2 Å². The smallest absolute Gasteiger partial charge is 0.254 e. The van der Waals surface area contributed by atoms with Gasteiger partial charge in [-0.05, 0) is 43.5 Å². The molecule has 3 aliphatic rings. The van der Waals surface area contributed by atoms with Crippen LogP contribution in [0.3, 0.4) is 0 Å². The lowest BCUT2D eigenvalue weighted by Gasteiger charge is -2.70. The lowest BCUT2D eigenvalue weighted by Crippen LogP contribution is -2.81. The normalized spacial score (nSPS) is 23.3. The number of aromatic nitrogens is 3. The zero-order valence-corrected chi connectivity index (χ0v) is 17.2. The van der Waals surface area contributed by atoms with Gasteiger partial charge in [0, 0.05) is 31.2 Å². The molecule has 3 aliphatic carbocycles. The van der Waals surface area contributed by atoms with Crippen LogP contribution in [0, 0.1) is 11.3 Å². The first-order valence-corrected chi connectivity index (χ1v) is 10.0. The molecule has 6 rings (SSSR count). The largest absolute Gasteiger partial charge is 0.379 e. The van der Waals surface area contributed by atoms with Gasteiger partial charge in [0.1, 0.15) is 6.07 Å². The molecular weight excluding hydrogens is 394 g/mol. The third-order valence-electron chi connectivity index (χ3n) is 6.14. The van der Waals surface area contributed by atoms with E-state index in [0.29, 0.717) is 22.5 Å². The number of hydrogen-bond donors (Lipinski definition) is 3. The third-order valence-corrected chi connectivity index (χ3v) is 6.14. The first-order valence-electron chi connectivity index (χ1n) is 10.0. The molecule has 0 aliphatic heterocycles. The second kappa shape index (κ2) is 6.54. The van der Waals surface area contributed by atoms with Crippen LogP contribution in [0.15, 0.2) is 36.7 Å². The van der Waals surface area contributed by atoms with Gasteiger partial charge < -0.3 is 16.0 Å². The van der Waals surface area contributed by atoms with E-state index in [-0.39, 0.29) is 22.9 Å². The molecule has 9 nitrogen and oxygen atoms in total. The Kier molecular flexibility index (Phi) is 4.02. The fourth-order valence-electron chi connectivity index (χ4n) is 4.98. The summed E-state index contributed by atoms with van der Waals surface area (Å²) in [6, 6.07) is 9.48. The summed E-state index contributed by atoms with van der Waals surface area (Å²) >= 11 is 0. The monoisotopic (exact) mass is 415 g/mol. The minimum absolute atomic E-state index is 0.0160. The molecule has 0 aromatic carbocycles. The Balaban J connectivity index is 1.48. The highest BCUT2D eigenvalue weighted by Gasteiger charge is 2.68. The molecule has 2 amide bonds. The number of nitrogens with one attached hydrogen (secondary N) is 3. The quantitative estimate of drug-likeness (QED) is 0.584. The van der Waals surface area contributed by atoms with Crippen molar-refractivity contribution in [2.75, 3.05) is 12.4 Å². The Labute approximate surface area is 178 Å². The van der Waals surface area contributed by atoms with Gasteiger partial charge in [-0.15, -0.1) is 0 Å². The maximum Gasteiger partial charge on any atom is 0.254 e. The molecule has 3 heterocycles. The van der Waals surface area contributed by atoms with Crippen molar-refractivity contribution >= 4 is 23.0 Å². The fourth-order valence-corrected chi connectivity index (χ4v) is 4.98. The van der Waals surface area contributed by atoms with Gasteiger partial charge in [-0.1, -0.05) is 0 Å². The fraction of sp³-hybridized carbons (Fsp3) is 0.318. The van der Waals surface area contributed by atoms with Crippen molar-refractivity contribution in [3.05, 3.63) is 47.8 Å². The van der Waals surface area contributed by atoms with E-state index in [1.807, 2.05) is 18.2 Å². The number of carbonyl (C=O) groups is 2. The molecule has 2 bridgehead atoms. The zero-order chi connectivity index (χ0) is 21.8. The van der Waals surface area contributed by atoms with E-state index in [1.54, 1.807) is 23.8 Å². The van der Waals surface area contributed by atoms with Gasteiger partial charge >= 0.3 is 0 Å². The minimum Gasteiger partial charge on any atom is -0.379 e. The third kappa shape index (κ3) is 2.99. The molecule has 3 aromatic rings. The SMILES string of the molecule is CNC(=O)c1cnc(-c2ccc3cc(C#N)cnn23)cc1NC12CC(NC(C)=O)(C1)C2. The highest BCUT2D eigenvalue weighted by molar-refractivity contribution is 6.00. The van der Waals surface area contributed by atoms with Gasteiger partial charge in [-0.25, -0.2) is 4.52 Å². The molecule has 0 atom stereocenters. The van der Waals surface area contributed by atoms with Crippen molar-refractivity contribution in [3.63, 3.8) is 0 Å². The predicted octanol–water partition coefficient (Wildman–Crippen LogP) is 1.85. The summed E-state index contributed by atoms with van der Waals surface area (Å²) in [6.07, 6.45) is 5.57. The van der Waals surface area contributed by atoms with Crippen LogP contribution < -0.4 is 16.0 Å². The standard InChI is InChI=1S/C22H21N7O2/c1-13(30)27-21-10-22(11-21,12-21)28-17-6-18(25-9-16(17)20(31)24-2)19-4-3-15-5-14(7-23)8-26-29(15)19/h3-6,8-9H,10-12H2,1-2H3,(H,24,31)(H,25,28)(H,27,30). The summed E-state index contributed by atoms with van der Waals surface area (Å²) in [4.78, 5) is 28.4. The van der Waals surface area contributed by atoms with Crippen LogP contribution in [0.4, 0.5) is 5.69 Å². The summed E-state index contributed by atoms with van der Waals surface area (Å²) < 4.78 is 1.72. The Morgan fingerprint density at radius 2 is 1.94 bits per heavy atom. The zero-order valence-electron chi connectivity index (χ0n) is 17.2. The van der Waals surface area contributed by atoms with Gasteiger partial charge in [0.25, 0.3) is 5.91 Å². The second-order valence-corrected chi connectivity index (χ2v) is 8.50. The number of amides is 2. The lowest BCUT2D eigenvalue weighted by atomic mass is 9.44. The van der Waals surface area contributed by atoms with Crippen LogP contribution in [0.1, 0.15) is 42.1 Å². The number of nitriles is 1. The first-order chi connectivity index (χ1) is 14.9. The van der Waals surface area contributed by atoms with Gasteiger partial charge in [0.15, 0.2) is 0 Å². The average molecular weight is 415 g/mol. The van der Waals surface area contributed by atoms with Crippen LogP contribution in [-0.4, -0.2) is 44.5 Å². The van der Waals surface area contributed by atoms with Crippen LogP contribution in [0.25, 0.3) is 16.9 Å². The Morgan fingerprint density at radius 3 is 2.61 bits per heavy atom. The molecule has 31 heavy (non-hydrogen) atoms. The van der Waals surface area contributed by atoms with Crippen molar-refractivity contribution in [2.45, 2.75) is 37.3 Å². The number of fused-ring (bicyclic) bond motifs is 1. The van der Waals surface area contributed by atoms with Gasteiger partial charge in [0.2, 0.25) is 5.91 Å². The van der Waals surface area contributed by atoms with Gasteiger partial charge in [0.05, 0.1) is 39.9 Å². The average Bonchev–Trinajstić information content (AvgIpc) is 3.13. The predicted molar refractivity (Wildman–Crippen MR) is 113 cm³/mol. The molecular formula is C22H21N7O2. The van der Waals surface area contributed by atoms with Crippen LogP contribution in [-0.2, 0) is 4.79 Å². The van der Waals surface area contributed by atoms with Gasteiger partial charge in [-0.3, -0.25) is 14.6 Å². The summed E-state index contributed by atoms with van der Waals surface area (Å²) in [5, 5.41) is 22.7. The van der Waals surface area contributed by atoms with Crippen LogP contribution >= 0.6 is 0 Å². The molecule has 9 heteroatoms. The highest BCUT2D eigenvalue weighted by Crippen LogP contribution is 2.62. The number of rotatable bonds is 5. The summed E-state index contributed by atoms with van der Waals surface area (Å²) in [5.41, 5.74) is 3.63. The summed E-state index contributed by atoms with van der Waals surface area (Å²) in [6.45, 7) is 1.54. The van der Waals surface area contributed by atoms with E-state index >= 15 is 0 Å². The van der Waals surface area contributed by atoms with Crippen molar-refractivity contribution in [1.29, 1.82) is 5.26 Å². The van der Waals surface area contributed by atoms with Crippen LogP contribution in [0.5, 0.6) is 0 Å².